The highest BCUT2D eigenvalue weighted by atomic mass is 35.5. The SMILES string of the molecule is Cc1c(C(=O)N2CC[C@@H](O)[C@H]2c2ccc(Cl)cc2)ccc2cncn12. The summed E-state index contributed by atoms with van der Waals surface area (Å²) in [6, 6.07) is 10.7. The van der Waals surface area contributed by atoms with E-state index in [2.05, 4.69) is 4.98 Å². The standard InChI is InChI=1S/C19H18ClN3O2/c1-12-16(7-6-15-10-21-11-23(12)15)19(25)22-9-8-17(24)18(22)13-2-4-14(20)5-3-13/h2-7,10-11,17-18,24H,8-9H2,1H3/t17-,18-/m1/s1. The second-order valence-corrected chi connectivity index (χ2v) is 6.81. The number of hydrogen-bond acceptors (Lipinski definition) is 3. The van der Waals surface area contributed by atoms with E-state index in [9.17, 15) is 9.90 Å². The van der Waals surface area contributed by atoms with Crippen molar-refractivity contribution in [3.63, 3.8) is 0 Å². The molecule has 25 heavy (non-hydrogen) atoms. The Morgan fingerprint density at radius 2 is 2.00 bits per heavy atom. The van der Waals surface area contributed by atoms with Crippen molar-refractivity contribution in [1.29, 1.82) is 0 Å². The lowest BCUT2D eigenvalue weighted by molar-refractivity contribution is 0.0636. The van der Waals surface area contributed by atoms with Crippen LogP contribution in [0.25, 0.3) is 5.52 Å². The highest BCUT2D eigenvalue weighted by Crippen LogP contribution is 2.34. The van der Waals surface area contributed by atoms with Crippen LogP contribution in [0.5, 0.6) is 0 Å². The molecule has 6 heteroatoms. The Morgan fingerprint density at radius 1 is 1.24 bits per heavy atom. The Bertz CT molecular complexity index is 935. The van der Waals surface area contributed by atoms with Crippen molar-refractivity contribution in [2.24, 2.45) is 0 Å². The van der Waals surface area contributed by atoms with Crippen molar-refractivity contribution in [3.05, 3.63) is 70.8 Å². The van der Waals surface area contributed by atoms with Crippen LogP contribution in [0.1, 0.15) is 34.1 Å². The molecule has 1 N–H and O–H groups in total. The number of hydrogen-bond donors (Lipinski definition) is 1. The quantitative estimate of drug-likeness (QED) is 0.767. The Labute approximate surface area is 150 Å². The average molecular weight is 356 g/mol. The Kier molecular flexibility index (Phi) is 3.98. The molecule has 1 saturated heterocycles. The van der Waals surface area contributed by atoms with Gasteiger partial charge in [0.1, 0.15) is 0 Å². The van der Waals surface area contributed by atoms with Gasteiger partial charge in [0.05, 0.1) is 35.8 Å². The van der Waals surface area contributed by atoms with Crippen LogP contribution in [0.4, 0.5) is 0 Å². The third-order valence-electron chi connectivity index (χ3n) is 4.91. The Hall–Kier alpha value is -2.37. The van der Waals surface area contributed by atoms with Crippen molar-refractivity contribution >= 4 is 23.0 Å². The molecule has 5 nitrogen and oxygen atoms in total. The number of benzene rings is 1. The first kappa shape index (κ1) is 16.1. The van der Waals surface area contributed by atoms with Crippen LogP contribution in [0.2, 0.25) is 5.02 Å². The average Bonchev–Trinajstić information content (AvgIpc) is 3.23. The third kappa shape index (κ3) is 2.69. The van der Waals surface area contributed by atoms with Gasteiger partial charge in [0, 0.05) is 17.3 Å². The molecule has 1 aliphatic rings. The Morgan fingerprint density at radius 3 is 2.76 bits per heavy atom. The van der Waals surface area contributed by atoms with E-state index in [0.717, 1.165) is 16.8 Å². The predicted molar refractivity (Wildman–Crippen MR) is 95.8 cm³/mol. The van der Waals surface area contributed by atoms with E-state index in [1.54, 1.807) is 29.6 Å². The van der Waals surface area contributed by atoms with Crippen molar-refractivity contribution < 1.29 is 9.90 Å². The van der Waals surface area contributed by atoms with Crippen molar-refractivity contribution in [2.75, 3.05) is 6.54 Å². The number of aromatic nitrogens is 2. The zero-order chi connectivity index (χ0) is 17.6. The summed E-state index contributed by atoms with van der Waals surface area (Å²) in [5, 5.41) is 11.1. The first-order chi connectivity index (χ1) is 12.1. The van der Waals surface area contributed by atoms with Gasteiger partial charge in [-0.15, -0.1) is 0 Å². The van der Waals surface area contributed by atoms with Crippen LogP contribution >= 0.6 is 11.6 Å². The number of rotatable bonds is 2. The molecule has 1 fully saturated rings. The molecule has 3 aromatic rings. The smallest absolute Gasteiger partial charge is 0.256 e. The van der Waals surface area contributed by atoms with Crippen LogP contribution in [-0.2, 0) is 0 Å². The van der Waals surface area contributed by atoms with E-state index in [1.165, 1.54) is 0 Å². The molecule has 1 aromatic carbocycles. The van der Waals surface area contributed by atoms with Crippen molar-refractivity contribution in [3.8, 4) is 0 Å². The maximum Gasteiger partial charge on any atom is 0.256 e. The molecule has 1 aliphatic heterocycles. The number of carbonyl (C=O) groups is 1. The van der Waals surface area contributed by atoms with E-state index in [4.69, 9.17) is 11.6 Å². The molecule has 2 aromatic heterocycles. The highest BCUT2D eigenvalue weighted by Gasteiger charge is 2.37. The van der Waals surface area contributed by atoms with Gasteiger partial charge in [0.2, 0.25) is 0 Å². The lowest BCUT2D eigenvalue weighted by atomic mass is 10.0. The fourth-order valence-electron chi connectivity index (χ4n) is 3.57. The van der Waals surface area contributed by atoms with Crippen LogP contribution in [0.3, 0.4) is 0 Å². The number of imidazole rings is 1. The molecule has 0 aliphatic carbocycles. The summed E-state index contributed by atoms with van der Waals surface area (Å²) in [5.74, 6) is -0.0791. The number of aryl methyl sites for hydroxylation is 1. The monoisotopic (exact) mass is 355 g/mol. The number of nitrogens with zero attached hydrogens (tertiary/aromatic N) is 3. The molecule has 4 rings (SSSR count). The van der Waals surface area contributed by atoms with E-state index in [-0.39, 0.29) is 11.9 Å². The van der Waals surface area contributed by atoms with Gasteiger partial charge in [-0.3, -0.25) is 4.79 Å². The predicted octanol–water partition coefficient (Wildman–Crippen LogP) is 3.24. The maximum absolute atomic E-state index is 13.2. The highest BCUT2D eigenvalue weighted by molar-refractivity contribution is 6.30. The summed E-state index contributed by atoms with van der Waals surface area (Å²) in [6.45, 7) is 2.43. The molecule has 3 heterocycles. The Balaban J connectivity index is 1.72. The van der Waals surface area contributed by atoms with Crippen LogP contribution < -0.4 is 0 Å². The number of halogens is 1. The van der Waals surface area contributed by atoms with Crippen molar-refractivity contribution in [1.82, 2.24) is 14.3 Å². The van der Waals surface area contributed by atoms with Crippen molar-refractivity contribution in [2.45, 2.75) is 25.5 Å². The first-order valence-electron chi connectivity index (χ1n) is 8.22. The molecule has 0 saturated carbocycles. The number of fused-ring (bicyclic) bond motifs is 1. The van der Waals surface area contributed by atoms with E-state index >= 15 is 0 Å². The second-order valence-electron chi connectivity index (χ2n) is 6.37. The van der Waals surface area contributed by atoms with Gasteiger partial charge in [-0.2, -0.15) is 0 Å². The number of pyridine rings is 1. The van der Waals surface area contributed by atoms with Gasteiger partial charge in [0.15, 0.2) is 0 Å². The van der Waals surface area contributed by atoms with Gasteiger partial charge in [-0.05, 0) is 43.2 Å². The molecule has 0 bridgehead atoms. The molecule has 2 atom stereocenters. The maximum atomic E-state index is 13.2. The minimum atomic E-state index is -0.581. The molecular formula is C19H18ClN3O2. The fraction of sp³-hybridized carbons (Fsp3) is 0.263. The van der Waals surface area contributed by atoms with Gasteiger partial charge in [-0.1, -0.05) is 23.7 Å². The minimum Gasteiger partial charge on any atom is -0.391 e. The molecule has 1 amide bonds. The summed E-state index contributed by atoms with van der Waals surface area (Å²) in [6.07, 6.45) is 3.45. The van der Waals surface area contributed by atoms with Crippen LogP contribution in [0, 0.1) is 6.92 Å². The van der Waals surface area contributed by atoms with Gasteiger partial charge >= 0.3 is 0 Å². The molecule has 0 radical (unpaired) electrons. The zero-order valence-electron chi connectivity index (χ0n) is 13.8. The zero-order valence-corrected chi connectivity index (χ0v) is 14.5. The first-order valence-corrected chi connectivity index (χ1v) is 8.60. The van der Waals surface area contributed by atoms with Crippen LogP contribution in [0.15, 0.2) is 48.9 Å². The molecule has 0 unspecified atom stereocenters. The number of aliphatic hydroxyl groups excluding tert-OH is 1. The number of aliphatic hydroxyl groups is 1. The normalized spacial score (nSPS) is 20.4. The number of carbonyl (C=O) groups excluding carboxylic acids is 1. The molecule has 0 spiro atoms. The second kappa shape index (κ2) is 6.17. The van der Waals surface area contributed by atoms with E-state index < -0.39 is 6.10 Å². The number of amides is 1. The lowest BCUT2D eigenvalue weighted by Crippen LogP contribution is -2.34. The fourth-order valence-corrected chi connectivity index (χ4v) is 3.70. The van der Waals surface area contributed by atoms with E-state index in [0.29, 0.717) is 23.6 Å². The largest absolute Gasteiger partial charge is 0.391 e. The molecule has 128 valence electrons. The van der Waals surface area contributed by atoms with Gasteiger partial charge in [-0.25, -0.2) is 4.98 Å². The van der Waals surface area contributed by atoms with Gasteiger partial charge in [0.25, 0.3) is 5.91 Å². The van der Waals surface area contributed by atoms with Crippen LogP contribution in [-0.4, -0.2) is 37.9 Å². The topological polar surface area (TPSA) is 57.8 Å². The summed E-state index contributed by atoms with van der Waals surface area (Å²) in [5.41, 5.74) is 3.31. The number of likely N-dealkylation sites (tertiary alicyclic amines) is 1. The summed E-state index contributed by atoms with van der Waals surface area (Å²) < 4.78 is 1.90. The van der Waals surface area contributed by atoms with E-state index in [1.807, 2.05) is 35.6 Å². The summed E-state index contributed by atoms with van der Waals surface area (Å²) in [4.78, 5) is 19.1. The molecular weight excluding hydrogens is 338 g/mol. The summed E-state index contributed by atoms with van der Waals surface area (Å²) >= 11 is 5.96. The minimum absolute atomic E-state index is 0.0791. The summed E-state index contributed by atoms with van der Waals surface area (Å²) in [7, 11) is 0. The lowest BCUT2D eigenvalue weighted by Gasteiger charge is -2.27. The van der Waals surface area contributed by atoms with Gasteiger partial charge < -0.3 is 14.4 Å². The third-order valence-corrected chi connectivity index (χ3v) is 5.16.